The molecule has 0 bridgehead atoms. The number of likely N-dealkylation sites (N-methyl/N-ethyl adjacent to an activating group) is 1. The van der Waals surface area contributed by atoms with Crippen LogP contribution in [0.25, 0.3) is 0 Å². The molecule has 20 heavy (non-hydrogen) atoms. The van der Waals surface area contributed by atoms with Crippen molar-refractivity contribution < 1.29 is 13.2 Å². The molecule has 1 N–H and O–H groups in total. The normalized spacial score (nSPS) is 18.9. The third kappa shape index (κ3) is 2.88. The van der Waals surface area contributed by atoms with Crippen LogP contribution in [0, 0.1) is 11.3 Å². The van der Waals surface area contributed by atoms with Gasteiger partial charge in [0.05, 0.1) is 16.8 Å². The van der Waals surface area contributed by atoms with Crippen molar-refractivity contribution >= 4 is 5.69 Å². The molecule has 2 rings (SSSR count). The molecule has 1 aromatic rings. The lowest BCUT2D eigenvalue weighted by Gasteiger charge is -2.30. The summed E-state index contributed by atoms with van der Waals surface area (Å²) in [5.74, 6) is 0. The molecule has 1 heterocycles. The molecule has 3 nitrogen and oxygen atoms in total. The van der Waals surface area contributed by atoms with Gasteiger partial charge >= 0.3 is 6.18 Å². The van der Waals surface area contributed by atoms with Gasteiger partial charge in [-0.1, -0.05) is 0 Å². The van der Waals surface area contributed by atoms with E-state index in [0.717, 1.165) is 31.6 Å². The molecule has 0 aliphatic carbocycles. The summed E-state index contributed by atoms with van der Waals surface area (Å²) in [6.07, 6.45) is -3.52. The standard InChI is InChI=1S/C14H16F3N3/c1-2-20(12-5-6-19-9-12)13-7-11(14(15,16)17)4-3-10(13)8-18/h3-4,7,12,19H,2,5-6,9H2,1H3. The van der Waals surface area contributed by atoms with Gasteiger partial charge in [0, 0.05) is 19.1 Å². The van der Waals surface area contributed by atoms with E-state index in [2.05, 4.69) is 5.32 Å². The highest BCUT2D eigenvalue weighted by Crippen LogP contribution is 2.34. The molecule has 1 fully saturated rings. The smallest absolute Gasteiger partial charge is 0.366 e. The number of rotatable bonds is 3. The highest BCUT2D eigenvalue weighted by atomic mass is 19.4. The van der Waals surface area contributed by atoms with Crippen molar-refractivity contribution in [1.29, 1.82) is 5.26 Å². The van der Waals surface area contributed by atoms with E-state index in [1.807, 2.05) is 17.9 Å². The molecule has 6 heteroatoms. The molecule has 1 aliphatic rings. The highest BCUT2D eigenvalue weighted by molar-refractivity contribution is 5.62. The monoisotopic (exact) mass is 283 g/mol. The van der Waals surface area contributed by atoms with Gasteiger partial charge in [-0.05, 0) is 38.1 Å². The predicted molar refractivity (Wildman–Crippen MR) is 70.5 cm³/mol. The molecule has 0 amide bonds. The molecule has 1 aliphatic heterocycles. The van der Waals surface area contributed by atoms with Crippen LogP contribution in [0.3, 0.4) is 0 Å². The number of anilines is 1. The lowest BCUT2D eigenvalue weighted by Crippen LogP contribution is -2.37. The number of nitrogens with one attached hydrogen (secondary N) is 1. The Hall–Kier alpha value is -1.74. The molecule has 0 spiro atoms. The molecule has 1 saturated heterocycles. The van der Waals surface area contributed by atoms with Crippen molar-refractivity contribution in [1.82, 2.24) is 5.32 Å². The fourth-order valence-electron chi connectivity index (χ4n) is 2.57. The van der Waals surface area contributed by atoms with Crippen LogP contribution in [0.1, 0.15) is 24.5 Å². The summed E-state index contributed by atoms with van der Waals surface area (Å²) in [6, 6.07) is 5.42. The van der Waals surface area contributed by atoms with Crippen molar-refractivity contribution in [3.63, 3.8) is 0 Å². The number of nitriles is 1. The van der Waals surface area contributed by atoms with E-state index in [1.54, 1.807) is 0 Å². The molecule has 0 saturated carbocycles. The Labute approximate surface area is 116 Å². The second-order valence-corrected chi connectivity index (χ2v) is 4.77. The minimum atomic E-state index is -4.39. The number of hydrogen-bond donors (Lipinski definition) is 1. The van der Waals surface area contributed by atoms with E-state index in [1.165, 1.54) is 6.07 Å². The van der Waals surface area contributed by atoms with Crippen LogP contribution < -0.4 is 10.2 Å². The first-order valence-electron chi connectivity index (χ1n) is 6.56. The lowest BCUT2D eigenvalue weighted by molar-refractivity contribution is -0.137. The summed E-state index contributed by atoms with van der Waals surface area (Å²) >= 11 is 0. The maximum Gasteiger partial charge on any atom is 0.416 e. The fraction of sp³-hybridized carbons (Fsp3) is 0.500. The van der Waals surface area contributed by atoms with Gasteiger partial charge in [0.15, 0.2) is 0 Å². The van der Waals surface area contributed by atoms with Gasteiger partial charge in [-0.3, -0.25) is 0 Å². The maximum absolute atomic E-state index is 12.8. The second kappa shape index (κ2) is 5.71. The van der Waals surface area contributed by atoms with E-state index >= 15 is 0 Å². The third-order valence-electron chi connectivity index (χ3n) is 3.57. The zero-order valence-corrected chi connectivity index (χ0v) is 11.2. The SMILES string of the molecule is CCN(c1cc(C(F)(F)F)ccc1C#N)C1CCNC1. The first-order chi connectivity index (χ1) is 9.47. The van der Waals surface area contributed by atoms with Crippen molar-refractivity contribution in [2.75, 3.05) is 24.5 Å². The minimum Gasteiger partial charge on any atom is -0.366 e. The summed E-state index contributed by atoms with van der Waals surface area (Å²) in [6.45, 7) is 4.04. The molecule has 1 atom stereocenters. The highest BCUT2D eigenvalue weighted by Gasteiger charge is 2.32. The Morgan fingerprint density at radius 3 is 2.70 bits per heavy atom. The second-order valence-electron chi connectivity index (χ2n) is 4.77. The van der Waals surface area contributed by atoms with Crippen molar-refractivity contribution in [3.8, 4) is 6.07 Å². The van der Waals surface area contributed by atoms with E-state index in [0.29, 0.717) is 12.2 Å². The van der Waals surface area contributed by atoms with Crippen molar-refractivity contribution in [3.05, 3.63) is 29.3 Å². The van der Waals surface area contributed by atoms with Gasteiger partial charge < -0.3 is 10.2 Å². The first-order valence-corrected chi connectivity index (χ1v) is 6.56. The first kappa shape index (κ1) is 14.7. The fourth-order valence-corrected chi connectivity index (χ4v) is 2.57. The molecule has 1 aromatic carbocycles. The summed E-state index contributed by atoms with van der Waals surface area (Å²) < 4.78 is 38.5. The number of alkyl halides is 3. The van der Waals surface area contributed by atoms with E-state index in [4.69, 9.17) is 5.26 Å². The number of hydrogen-bond acceptors (Lipinski definition) is 3. The minimum absolute atomic E-state index is 0.135. The molecule has 0 aromatic heterocycles. The zero-order valence-electron chi connectivity index (χ0n) is 11.2. The van der Waals surface area contributed by atoms with E-state index in [9.17, 15) is 13.2 Å². The quantitative estimate of drug-likeness (QED) is 0.927. The van der Waals surface area contributed by atoms with Gasteiger partial charge in [-0.2, -0.15) is 18.4 Å². The molecule has 0 radical (unpaired) electrons. The van der Waals surface area contributed by atoms with E-state index < -0.39 is 11.7 Å². The number of nitrogens with zero attached hydrogens (tertiary/aromatic N) is 2. The molecule has 1 unspecified atom stereocenters. The Bertz CT molecular complexity index is 513. The average Bonchev–Trinajstić information content (AvgIpc) is 2.92. The maximum atomic E-state index is 12.8. The molecular formula is C14H16F3N3. The number of halogens is 3. The van der Waals surface area contributed by atoms with Gasteiger partial charge in [-0.15, -0.1) is 0 Å². The van der Waals surface area contributed by atoms with Gasteiger partial charge in [0.2, 0.25) is 0 Å². The Morgan fingerprint density at radius 2 is 2.20 bits per heavy atom. The summed E-state index contributed by atoms with van der Waals surface area (Å²) in [7, 11) is 0. The van der Waals surface area contributed by atoms with Crippen LogP contribution in [0.2, 0.25) is 0 Å². The van der Waals surface area contributed by atoms with Crippen LogP contribution in [-0.2, 0) is 6.18 Å². The van der Waals surface area contributed by atoms with E-state index in [-0.39, 0.29) is 11.6 Å². The van der Waals surface area contributed by atoms with Crippen LogP contribution in [-0.4, -0.2) is 25.7 Å². The average molecular weight is 283 g/mol. The Morgan fingerprint density at radius 1 is 1.45 bits per heavy atom. The van der Waals surface area contributed by atoms with Crippen LogP contribution >= 0.6 is 0 Å². The van der Waals surface area contributed by atoms with Crippen LogP contribution in [0.15, 0.2) is 18.2 Å². The van der Waals surface area contributed by atoms with Gasteiger partial charge in [0.1, 0.15) is 6.07 Å². The van der Waals surface area contributed by atoms with Crippen molar-refractivity contribution in [2.45, 2.75) is 25.6 Å². The zero-order chi connectivity index (χ0) is 14.8. The largest absolute Gasteiger partial charge is 0.416 e. The summed E-state index contributed by atoms with van der Waals surface area (Å²) in [4.78, 5) is 1.88. The summed E-state index contributed by atoms with van der Waals surface area (Å²) in [5, 5.41) is 12.3. The number of benzene rings is 1. The van der Waals surface area contributed by atoms with Crippen molar-refractivity contribution in [2.24, 2.45) is 0 Å². The Kier molecular flexibility index (Phi) is 4.19. The summed E-state index contributed by atoms with van der Waals surface area (Å²) in [5.41, 5.74) is -0.0545. The van der Waals surface area contributed by atoms with Crippen LogP contribution in [0.4, 0.5) is 18.9 Å². The van der Waals surface area contributed by atoms with Gasteiger partial charge in [0.25, 0.3) is 0 Å². The molecular weight excluding hydrogens is 267 g/mol. The predicted octanol–water partition coefficient (Wildman–Crippen LogP) is 2.77. The van der Waals surface area contributed by atoms with Crippen LogP contribution in [0.5, 0.6) is 0 Å². The Balaban J connectivity index is 2.43. The lowest BCUT2D eigenvalue weighted by atomic mass is 10.1. The van der Waals surface area contributed by atoms with Gasteiger partial charge in [-0.25, -0.2) is 0 Å². The topological polar surface area (TPSA) is 39.1 Å². The molecule has 108 valence electrons. The third-order valence-corrected chi connectivity index (χ3v) is 3.57.